The van der Waals surface area contributed by atoms with E-state index in [4.69, 9.17) is 5.73 Å². The number of hydrogen-bond acceptors (Lipinski definition) is 6. The van der Waals surface area contributed by atoms with Gasteiger partial charge in [0.2, 0.25) is 10.0 Å². The second kappa shape index (κ2) is 5.98. The maximum Gasteiger partial charge on any atom is 0.312 e. The van der Waals surface area contributed by atoms with Gasteiger partial charge in [-0.05, 0) is 36.0 Å². The van der Waals surface area contributed by atoms with Gasteiger partial charge in [0, 0.05) is 6.54 Å². The molecule has 7 nitrogen and oxygen atoms in total. The fourth-order valence-electron chi connectivity index (χ4n) is 2.00. The Kier molecular flexibility index (Phi) is 4.51. The number of hydrogen-bond donors (Lipinski definition) is 2. The van der Waals surface area contributed by atoms with Crippen molar-refractivity contribution in [3.63, 3.8) is 0 Å². The third-order valence-electron chi connectivity index (χ3n) is 3.09. The number of benzene rings is 1. The molecular weight excluding hydrogens is 302 g/mol. The molecule has 1 heterocycles. The van der Waals surface area contributed by atoms with E-state index in [0.29, 0.717) is 6.54 Å². The molecule has 1 aromatic carbocycles. The van der Waals surface area contributed by atoms with Crippen LogP contribution in [0.15, 0.2) is 23.1 Å². The highest BCUT2D eigenvalue weighted by Crippen LogP contribution is 2.30. The normalized spacial score (nSPS) is 19.1. The molecule has 1 atom stereocenters. The maximum absolute atomic E-state index is 12.2. The minimum Gasteiger partial charge on any atom is -0.393 e. The Morgan fingerprint density at radius 1 is 1.50 bits per heavy atom. The Morgan fingerprint density at radius 3 is 2.85 bits per heavy atom. The molecule has 0 aliphatic carbocycles. The Labute approximate surface area is 121 Å². The number of sulfonamides is 1. The lowest BCUT2D eigenvalue weighted by molar-refractivity contribution is -0.386. The van der Waals surface area contributed by atoms with Gasteiger partial charge in [0.15, 0.2) is 4.90 Å². The zero-order chi connectivity index (χ0) is 14.8. The van der Waals surface area contributed by atoms with E-state index in [-0.39, 0.29) is 16.5 Å². The van der Waals surface area contributed by atoms with Crippen LogP contribution in [0.2, 0.25) is 0 Å². The van der Waals surface area contributed by atoms with Gasteiger partial charge in [-0.15, -0.1) is 0 Å². The number of anilines is 1. The van der Waals surface area contributed by atoms with E-state index in [2.05, 4.69) is 4.72 Å². The van der Waals surface area contributed by atoms with Crippen LogP contribution in [0.5, 0.6) is 0 Å². The van der Waals surface area contributed by atoms with Crippen LogP contribution in [0.25, 0.3) is 0 Å². The molecule has 0 amide bonds. The Balaban J connectivity index is 2.24. The van der Waals surface area contributed by atoms with Crippen molar-refractivity contribution in [3.05, 3.63) is 28.3 Å². The number of nitrogens with two attached hydrogens (primary N) is 1. The predicted molar refractivity (Wildman–Crippen MR) is 78.1 cm³/mol. The molecule has 0 spiro atoms. The molecule has 0 radical (unpaired) electrons. The van der Waals surface area contributed by atoms with Crippen LogP contribution >= 0.6 is 11.8 Å². The average Bonchev–Trinajstić information content (AvgIpc) is 2.89. The van der Waals surface area contributed by atoms with Gasteiger partial charge in [-0.25, -0.2) is 13.1 Å². The van der Waals surface area contributed by atoms with Crippen molar-refractivity contribution < 1.29 is 13.3 Å². The van der Waals surface area contributed by atoms with Crippen molar-refractivity contribution in [2.24, 2.45) is 5.92 Å². The molecule has 3 N–H and O–H groups in total. The highest BCUT2D eigenvalue weighted by atomic mass is 32.2. The summed E-state index contributed by atoms with van der Waals surface area (Å²) in [6.07, 6.45) is 0.951. The number of nitrogens with zero attached hydrogens (tertiary/aromatic N) is 1. The van der Waals surface area contributed by atoms with Crippen LogP contribution in [-0.2, 0) is 10.0 Å². The Morgan fingerprint density at radius 2 is 2.25 bits per heavy atom. The minimum absolute atomic E-state index is 0.158. The van der Waals surface area contributed by atoms with Crippen LogP contribution in [0.4, 0.5) is 11.4 Å². The van der Waals surface area contributed by atoms with Crippen LogP contribution in [0.1, 0.15) is 6.42 Å². The first-order valence-corrected chi connectivity index (χ1v) is 8.66. The van der Waals surface area contributed by atoms with Gasteiger partial charge < -0.3 is 5.73 Å². The Hall–Kier alpha value is -1.32. The number of thioether (sulfide) groups is 1. The fourth-order valence-corrected chi connectivity index (χ4v) is 4.60. The summed E-state index contributed by atoms with van der Waals surface area (Å²) < 4.78 is 26.8. The first-order chi connectivity index (χ1) is 9.42. The lowest BCUT2D eigenvalue weighted by Gasteiger charge is -2.11. The highest BCUT2D eigenvalue weighted by Gasteiger charge is 2.28. The molecule has 1 aliphatic rings. The van der Waals surface area contributed by atoms with Gasteiger partial charge in [-0.1, -0.05) is 6.07 Å². The van der Waals surface area contributed by atoms with Crippen molar-refractivity contribution >= 4 is 33.2 Å². The summed E-state index contributed by atoms with van der Waals surface area (Å²) in [4.78, 5) is 9.83. The second-order valence-electron chi connectivity index (χ2n) is 4.53. The number of nitro groups is 1. The lowest BCUT2D eigenvalue weighted by Crippen LogP contribution is -2.30. The third-order valence-corrected chi connectivity index (χ3v) is 5.77. The van der Waals surface area contributed by atoms with Gasteiger partial charge >= 0.3 is 5.69 Å². The number of nitrogen functional groups attached to an aromatic ring is 1. The van der Waals surface area contributed by atoms with Gasteiger partial charge in [-0.3, -0.25) is 10.1 Å². The number of rotatable bonds is 5. The topological polar surface area (TPSA) is 115 Å². The first-order valence-electron chi connectivity index (χ1n) is 6.02. The largest absolute Gasteiger partial charge is 0.393 e. The van der Waals surface area contributed by atoms with Gasteiger partial charge in [0.25, 0.3) is 0 Å². The smallest absolute Gasteiger partial charge is 0.312 e. The van der Waals surface area contributed by atoms with Crippen molar-refractivity contribution in [3.8, 4) is 0 Å². The van der Waals surface area contributed by atoms with E-state index < -0.39 is 20.6 Å². The molecular formula is C11H15N3O4S2. The van der Waals surface area contributed by atoms with Gasteiger partial charge in [0.1, 0.15) is 5.69 Å². The standard InChI is InChI=1S/C11H15N3O4S2/c12-9-2-1-3-10(11(9)14(15)16)20(17,18)13-6-8-4-5-19-7-8/h1-3,8,13H,4-7,12H2. The quantitative estimate of drug-likeness (QED) is 0.479. The molecule has 1 fully saturated rings. The van der Waals surface area contributed by atoms with Gasteiger partial charge in [0.05, 0.1) is 4.92 Å². The molecule has 1 aliphatic heterocycles. The number of nitro benzene ring substituents is 1. The molecule has 0 bridgehead atoms. The molecule has 110 valence electrons. The summed E-state index contributed by atoms with van der Waals surface area (Å²) in [6, 6.07) is 3.90. The predicted octanol–water partition coefficient (Wildman–Crippen LogP) is 1.21. The molecule has 1 aromatic rings. The van der Waals surface area contributed by atoms with Crippen molar-refractivity contribution in [1.29, 1.82) is 0 Å². The number of nitrogens with one attached hydrogen (secondary N) is 1. The molecule has 0 aromatic heterocycles. The molecule has 9 heteroatoms. The second-order valence-corrected chi connectivity index (χ2v) is 7.42. The third kappa shape index (κ3) is 3.22. The van der Waals surface area contributed by atoms with E-state index in [1.54, 1.807) is 11.8 Å². The number of para-hydroxylation sites is 1. The van der Waals surface area contributed by atoms with Crippen LogP contribution in [0, 0.1) is 16.0 Å². The van der Waals surface area contributed by atoms with E-state index >= 15 is 0 Å². The van der Waals surface area contributed by atoms with Crippen molar-refractivity contribution in [2.75, 3.05) is 23.8 Å². The summed E-state index contributed by atoms with van der Waals surface area (Å²) in [5.41, 5.74) is 4.77. The van der Waals surface area contributed by atoms with E-state index in [0.717, 1.165) is 17.9 Å². The summed E-state index contributed by atoms with van der Waals surface area (Å²) in [5, 5.41) is 11.0. The van der Waals surface area contributed by atoms with E-state index in [1.807, 2.05) is 0 Å². The van der Waals surface area contributed by atoms with Crippen LogP contribution in [0.3, 0.4) is 0 Å². The first kappa shape index (κ1) is 15.1. The fraction of sp³-hybridized carbons (Fsp3) is 0.455. The molecule has 20 heavy (non-hydrogen) atoms. The zero-order valence-corrected chi connectivity index (χ0v) is 12.2. The average molecular weight is 317 g/mol. The summed E-state index contributed by atoms with van der Waals surface area (Å²) in [5.74, 6) is 2.20. The van der Waals surface area contributed by atoms with Crippen LogP contribution < -0.4 is 10.5 Å². The summed E-state index contributed by atoms with van der Waals surface area (Å²) in [7, 11) is -3.93. The van der Waals surface area contributed by atoms with Gasteiger partial charge in [-0.2, -0.15) is 11.8 Å². The molecule has 0 saturated carbocycles. The van der Waals surface area contributed by atoms with Crippen molar-refractivity contribution in [1.82, 2.24) is 4.72 Å². The SMILES string of the molecule is Nc1cccc(S(=O)(=O)NCC2CCSC2)c1[N+](=O)[O-]. The monoisotopic (exact) mass is 317 g/mol. The van der Waals surface area contributed by atoms with E-state index in [1.165, 1.54) is 18.2 Å². The van der Waals surface area contributed by atoms with Crippen molar-refractivity contribution in [2.45, 2.75) is 11.3 Å². The lowest BCUT2D eigenvalue weighted by atomic mass is 10.1. The Bertz CT molecular complexity index is 612. The minimum atomic E-state index is -3.93. The molecule has 1 unspecified atom stereocenters. The maximum atomic E-state index is 12.2. The van der Waals surface area contributed by atoms with Crippen LogP contribution in [-0.4, -0.2) is 31.4 Å². The highest BCUT2D eigenvalue weighted by molar-refractivity contribution is 7.99. The summed E-state index contributed by atoms with van der Waals surface area (Å²) in [6.45, 7) is 0.293. The zero-order valence-electron chi connectivity index (χ0n) is 10.6. The molecule has 1 saturated heterocycles. The summed E-state index contributed by atoms with van der Waals surface area (Å²) >= 11 is 1.78. The van der Waals surface area contributed by atoms with E-state index in [9.17, 15) is 18.5 Å². The molecule has 2 rings (SSSR count).